The quantitative estimate of drug-likeness (QED) is 0.864. The maximum absolute atomic E-state index is 6.01. The van der Waals surface area contributed by atoms with Gasteiger partial charge in [-0.05, 0) is 56.7 Å². The van der Waals surface area contributed by atoms with E-state index in [-0.39, 0.29) is 5.60 Å². The Morgan fingerprint density at radius 3 is 2.94 bits per heavy atom. The Balaban J connectivity index is 2.18. The van der Waals surface area contributed by atoms with Gasteiger partial charge in [0.15, 0.2) is 0 Å². The van der Waals surface area contributed by atoms with Crippen LogP contribution in [0.4, 0.5) is 0 Å². The monoisotopic (exact) mass is 253 g/mol. The second kappa shape index (κ2) is 5.51. The minimum absolute atomic E-state index is 0.0251. The van der Waals surface area contributed by atoms with E-state index in [9.17, 15) is 0 Å². The molecule has 96 valence electrons. The summed E-state index contributed by atoms with van der Waals surface area (Å²) >= 11 is 1.83. The third kappa shape index (κ3) is 2.90. The normalized spacial score (nSPS) is 26.3. The predicted octanol–water partition coefficient (Wildman–Crippen LogP) is 3.67. The molecule has 2 rings (SSSR count). The first kappa shape index (κ1) is 13.1. The number of hydrogen-bond acceptors (Lipinski definition) is 3. The molecule has 2 nitrogen and oxygen atoms in total. The molecule has 1 aromatic rings. The second-order valence-electron chi connectivity index (χ2n) is 5.14. The van der Waals surface area contributed by atoms with E-state index in [1.807, 2.05) is 11.3 Å². The fraction of sp³-hybridized carbons (Fsp3) is 0.714. The lowest BCUT2D eigenvalue weighted by molar-refractivity contribution is -0.0123. The van der Waals surface area contributed by atoms with Crippen molar-refractivity contribution in [2.45, 2.75) is 51.7 Å². The van der Waals surface area contributed by atoms with Gasteiger partial charge in [-0.1, -0.05) is 6.92 Å². The van der Waals surface area contributed by atoms with E-state index in [2.05, 4.69) is 37.5 Å². The number of thiophene rings is 1. The molecular formula is C14H23NOS. The van der Waals surface area contributed by atoms with Crippen molar-refractivity contribution >= 4 is 11.3 Å². The van der Waals surface area contributed by atoms with Crippen LogP contribution in [0.3, 0.4) is 0 Å². The molecule has 1 aliphatic heterocycles. The van der Waals surface area contributed by atoms with Gasteiger partial charge in [0.05, 0.1) is 11.6 Å². The summed E-state index contributed by atoms with van der Waals surface area (Å²) in [5.74, 6) is 0. The van der Waals surface area contributed by atoms with Gasteiger partial charge in [-0.3, -0.25) is 0 Å². The van der Waals surface area contributed by atoms with Gasteiger partial charge in [-0.25, -0.2) is 0 Å². The highest BCUT2D eigenvalue weighted by Crippen LogP contribution is 2.38. The van der Waals surface area contributed by atoms with Crippen molar-refractivity contribution in [3.8, 4) is 0 Å². The SMILES string of the molecule is CCCNC(c1csc(C)c1)C1(C)CCCO1. The first-order chi connectivity index (χ1) is 8.15. The minimum atomic E-state index is -0.0251. The van der Waals surface area contributed by atoms with Gasteiger partial charge in [-0.2, -0.15) is 0 Å². The van der Waals surface area contributed by atoms with E-state index in [0.717, 1.165) is 26.0 Å². The fourth-order valence-corrected chi connectivity index (χ4v) is 3.35. The lowest BCUT2D eigenvalue weighted by atomic mass is 9.89. The highest BCUT2D eigenvalue weighted by atomic mass is 32.1. The molecule has 0 bridgehead atoms. The van der Waals surface area contributed by atoms with Crippen LogP contribution >= 0.6 is 11.3 Å². The molecule has 1 fully saturated rings. The van der Waals surface area contributed by atoms with Crippen molar-refractivity contribution in [3.05, 3.63) is 21.9 Å². The first-order valence-corrected chi connectivity index (χ1v) is 7.46. The molecule has 0 amide bonds. The zero-order chi connectivity index (χ0) is 12.3. The van der Waals surface area contributed by atoms with Crippen molar-refractivity contribution in [3.63, 3.8) is 0 Å². The summed E-state index contributed by atoms with van der Waals surface area (Å²) in [4.78, 5) is 1.38. The molecule has 0 aliphatic carbocycles. The maximum Gasteiger partial charge on any atom is 0.0849 e. The number of nitrogens with one attached hydrogen (secondary N) is 1. The highest BCUT2D eigenvalue weighted by Gasteiger charge is 2.39. The van der Waals surface area contributed by atoms with Crippen LogP contribution in [0.2, 0.25) is 0 Å². The van der Waals surface area contributed by atoms with Gasteiger partial charge in [0.1, 0.15) is 0 Å². The molecule has 0 saturated carbocycles. The van der Waals surface area contributed by atoms with Crippen LogP contribution in [0.5, 0.6) is 0 Å². The van der Waals surface area contributed by atoms with Crippen LogP contribution in [0, 0.1) is 6.92 Å². The Kier molecular flexibility index (Phi) is 4.23. The second-order valence-corrected chi connectivity index (χ2v) is 6.26. The van der Waals surface area contributed by atoms with Crippen LogP contribution in [0.25, 0.3) is 0 Å². The highest BCUT2D eigenvalue weighted by molar-refractivity contribution is 7.10. The van der Waals surface area contributed by atoms with Gasteiger partial charge < -0.3 is 10.1 Å². The number of hydrogen-bond donors (Lipinski definition) is 1. The third-order valence-electron chi connectivity index (χ3n) is 3.54. The van der Waals surface area contributed by atoms with Crippen molar-refractivity contribution in [1.29, 1.82) is 0 Å². The van der Waals surface area contributed by atoms with E-state index in [0.29, 0.717) is 6.04 Å². The van der Waals surface area contributed by atoms with Gasteiger partial charge in [0, 0.05) is 11.5 Å². The molecule has 1 aliphatic rings. The number of aryl methyl sites for hydroxylation is 1. The molecule has 0 radical (unpaired) electrons. The molecule has 1 saturated heterocycles. The molecule has 2 atom stereocenters. The molecule has 0 spiro atoms. The van der Waals surface area contributed by atoms with Crippen LogP contribution < -0.4 is 5.32 Å². The zero-order valence-corrected chi connectivity index (χ0v) is 11.9. The standard InChI is InChI=1S/C14H23NOS/c1-4-7-15-13(12-9-11(2)17-10-12)14(3)6-5-8-16-14/h9-10,13,15H,4-8H2,1-3H3. The van der Waals surface area contributed by atoms with Crippen molar-refractivity contribution in [2.75, 3.05) is 13.2 Å². The average Bonchev–Trinajstić information content (AvgIpc) is 2.89. The topological polar surface area (TPSA) is 21.3 Å². The largest absolute Gasteiger partial charge is 0.373 e. The van der Waals surface area contributed by atoms with E-state index in [1.54, 1.807) is 0 Å². The molecular weight excluding hydrogens is 230 g/mol. The average molecular weight is 253 g/mol. The molecule has 1 N–H and O–H groups in total. The van der Waals surface area contributed by atoms with Gasteiger partial charge >= 0.3 is 0 Å². The summed E-state index contributed by atoms with van der Waals surface area (Å²) in [7, 11) is 0. The van der Waals surface area contributed by atoms with Crippen LogP contribution in [0.15, 0.2) is 11.4 Å². The Morgan fingerprint density at radius 1 is 1.59 bits per heavy atom. The van der Waals surface area contributed by atoms with E-state index in [1.165, 1.54) is 16.9 Å². The Bertz CT molecular complexity index is 355. The lowest BCUT2D eigenvalue weighted by Crippen LogP contribution is -2.41. The molecule has 17 heavy (non-hydrogen) atoms. The molecule has 3 heteroatoms. The summed E-state index contributed by atoms with van der Waals surface area (Å²) in [5.41, 5.74) is 1.37. The zero-order valence-electron chi connectivity index (χ0n) is 11.1. The van der Waals surface area contributed by atoms with Gasteiger partial charge in [0.25, 0.3) is 0 Å². The molecule has 0 aromatic carbocycles. The lowest BCUT2D eigenvalue weighted by Gasteiger charge is -2.34. The van der Waals surface area contributed by atoms with Crippen molar-refractivity contribution in [1.82, 2.24) is 5.32 Å². The fourth-order valence-electron chi connectivity index (χ4n) is 2.62. The Labute approximate surface area is 108 Å². The summed E-state index contributed by atoms with van der Waals surface area (Å²) in [6.45, 7) is 8.59. The van der Waals surface area contributed by atoms with Gasteiger partial charge in [-0.15, -0.1) is 11.3 Å². The third-order valence-corrected chi connectivity index (χ3v) is 4.42. The van der Waals surface area contributed by atoms with Crippen LogP contribution in [0.1, 0.15) is 49.6 Å². The molecule has 2 heterocycles. The van der Waals surface area contributed by atoms with E-state index < -0.39 is 0 Å². The maximum atomic E-state index is 6.01. The Morgan fingerprint density at radius 2 is 2.41 bits per heavy atom. The van der Waals surface area contributed by atoms with Crippen LogP contribution in [-0.4, -0.2) is 18.8 Å². The van der Waals surface area contributed by atoms with Gasteiger partial charge in [0.2, 0.25) is 0 Å². The van der Waals surface area contributed by atoms with Crippen molar-refractivity contribution < 1.29 is 4.74 Å². The minimum Gasteiger partial charge on any atom is -0.373 e. The van der Waals surface area contributed by atoms with E-state index in [4.69, 9.17) is 4.74 Å². The summed E-state index contributed by atoms with van der Waals surface area (Å²) in [5, 5.41) is 5.94. The number of ether oxygens (including phenoxy) is 1. The van der Waals surface area contributed by atoms with Crippen LogP contribution in [-0.2, 0) is 4.74 Å². The Hall–Kier alpha value is -0.380. The molecule has 2 unspecified atom stereocenters. The summed E-state index contributed by atoms with van der Waals surface area (Å²) in [6.07, 6.45) is 3.50. The summed E-state index contributed by atoms with van der Waals surface area (Å²) in [6, 6.07) is 2.64. The smallest absolute Gasteiger partial charge is 0.0849 e. The molecule has 1 aromatic heterocycles. The first-order valence-electron chi connectivity index (χ1n) is 6.58. The summed E-state index contributed by atoms with van der Waals surface area (Å²) < 4.78 is 6.01. The van der Waals surface area contributed by atoms with E-state index >= 15 is 0 Å². The predicted molar refractivity (Wildman–Crippen MR) is 73.7 cm³/mol. The number of rotatable bonds is 5. The van der Waals surface area contributed by atoms with Crippen molar-refractivity contribution in [2.24, 2.45) is 0 Å².